The third-order valence-electron chi connectivity index (χ3n) is 3.42. The summed E-state index contributed by atoms with van der Waals surface area (Å²) in [4.78, 5) is 0. The van der Waals surface area contributed by atoms with Crippen LogP contribution in [-0.2, 0) is 0 Å². The fourth-order valence-corrected chi connectivity index (χ4v) is 2.07. The molecule has 0 amide bonds. The number of rotatable bonds is 5. The summed E-state index contributed by atoms with van der Waals surface area (Å²) in [5.41, 5.74) is 6.93. The van der Waals surface area contributed by atoms with E-state index in [2.05, 4.69) is 5.32 Å². The fraction of sp³-hybridized carbons (Fsp3) is 0.538. The van der Waals surface area contributed by atoms with Crippen LogP contribution >= 0.6 is 0 Å². The van der Waals surface area contributed by atoms with Gasteiger partial charge < -0.3 is 15.8 Å². The largest absolute Gasteiger partial charge is 0.494 e. The highest BCUT2D eigenvalue weighted by Crippen LogP contribution is 2.31. The van der Waals surface area contributed by atoms with Crippen LogP contribution in [0.25, 0.3) is 0 Å². The van der Waals surface area contributed by atoms with Gasteiger partial charge in [-0.15, -0.1) is 0 Å². The summed E-state index contributed by atoms with van der Waals surface area (Å²) in [6.07, 6.45) is 5.18. The molecule has 0 atom stereocenters. The number of nitrogens with two attached hydrogens (primary N) is 1. The Bertz CT molecular complexity index is 391. The highest BCUT2D eigenvalue weighted by atomic mass is 19.1. The van der Waals surface area contributed by atoms with Crippen LogP contribution in [0, 0.1) is 11.7 Å². The lowest BCUT2D eigenvalue weighted by Crippen LogP contribution is -2.16. The molecule has 3 N–H and O–H groups in total. The number of methoxy groups -OCH3 is 1. The van der Waals surface area contributed by atoms with E-state index in [1.54, 1.807) is 6.07 Å². The molecule has 0 unspecified atom stereocenters. The molecule has 1 aromatic carbocycles. The van der Waals surface area contributed by atoms with Gasteiger partial charge in [0.25, 0.3) is 0 Å². The Morgan fingerprint density at radius 3 is 2.82 bits per heavy atom. The lowest BCUT2D eigenvalue weighted by molar-refractivity contribution is 0.303. The second-order valence-electron chi connectivity index (χ2n) is 4.59. The third-order valence-corrected chi connectivity index (χ3v) is 3.42. The van der Waals surface area contributed by atoms with Gasteiger partial charge in [0.1, 0.15) is 0 Å². The van der Waals surface area contributed by atoms with Crippen LogP contribution in [0.4, 0.5) is 15.8 Å². The zero-order valence-corrected chi connectivity index (χ0v) is 10.1. The number of ether oxygens (including phenoxy) is 1. The first kappa shape index (κ1) is 12.0. The summed E-state index contributed by atoms with van der Waals surface area (Å²) in [6, 6.07) is 2.91. The molecule has 0 radical (unpaired) electrons. The SMILES string of the molecule is COc1cc(NCCC2CCC2)c(N)cc1F. The Hall–Kier alpha value is -1.45. The van der Waals surface area contributed by atoms with E-state index in [9.17, 15) is 4.39 Å². The van der Waals surface area contributed by atoms with E-state index in [1.807, 2.05) is 0 Å². The minimum Gasteiger partial charge on any atom is -0.494 e. The summed E-state index contributed by atoms with van der Waals surface area (Å²) in [5, 5.41) is 3.24. The minimum atomic E-state index is -0.422. The summed E-state index contributed by atoms with van der Waals surface area (Å²) in [7, 11) is 1.45. The number of hydrogen-bond acceptors (Lipinski definition) is 3. The van der Waals surface area contributed by atoms with E-state index in [-0.39, 0.29) is 5.75 Å². The summed E-state index contributed by atoms with van der Waals surface area (Å²) < 4.78 is 18.2. The quantitative estimate of drug-likeness (QED) is 0.775. The second-order valence-corrected chi connectivity index (χ2v) is 4.59. The minimum absolute atomic E-state index is 0.227. The zero-order valence-electron chi connectivity index (χ0n) is 10.1. The molecule has 1 aliphatic carbocycles. The van der Waals surface area contributed by atoms with Gasteiger partial charge in [-0.3, -0.25) is 0 Å². The van der Waals surface area contributed by atoms with Crippen LogP contribution in [0.5, 0.6) is 5.75 Å². The monoisotopic (exact) mass is 238 g/mol. The average molecular weight is 238 g/mol. The molecule has 17 heavy (non-hydrogen) atoms. The molecular weight excluding hydrogens is 219 g/mol. The maximum Gasteiger partial charge on any atom is 0.167 e. The highest BCUT2D eigenvalue weighted by molar-refractivity contribution is 5.68. The Labute approximate surface area is 101 Å². The molecule has 3 nitrogen and oxygen atoms in total. The second kappa shape index (κ2) is 5.25. The van der Waals surface area contributed by atoms with Crippen LogP contribution in [0.1, 0.15) is 25.7 Å². The van der Waals surface area contributed by atoms with Crippen LogP contribution in [0.3, 0.4) is 0 Å². The van der Waals surface area contributed by atoms with Crippen LogP contribution in [-0.4, -0.2) is 13.7 Å². The zero-order chi connectivity index (χ0) is 12.3. The molecule has 0 saturated heterocycles. The molecular formula is C13H19FN2O. The van der Waals surface area contributed by atoms with E-state index in [1.165, 1.54) is 32.4 Å². The van der Waals surface area contributed by atoms with E-state index >= 15 is 0 Å². The molecule has 0 spiro atoms. The number of anilines is 2. The molecule has 0 aliphatic heterocycles. The number of hydrogen-bond donors (Lipinski definition) is 2. The van der Waals surface area contributed by atoms with E-state index in [4.69, 9.17) is 10.5 Å². The van der Waals surface area contributed by atoms with Crippen molar-refractivity contribution in [3.8, 4) is 5.75 Å². The Morgan fingerprint density at radius 2 is 2.24 bits per heavy atom. The van der Waals surface area contributed by atoms with Crippen molar-refractivity contribution >= 4 is 11.4 Å². The lowest BCUT2D eigenvalue weighted by atomic mass is 9.83. The Kier molecular flexibility index (Phi) is 3.71. The van der Waals surface area contributed by atoms with Crippen molar-refractivity contribution in [3.63, 3.8) is 0 Å². The molecule has 0 bridgehead atoms. The molecule has 1 aliphatic rings. The maximum absolute atomic E-state index is 13.3. The molecule has 0 aromatic heterocycles. The maximum atomic E-state index is 13.3. The van der Waals surface area contributed by atoms with Gasteiger partial charge in [-0.1, -0.05) is 19.3 Å². The molecule has 1 fully saturated rings. The van der Waals surface area contributed by atoms with Gasteiger partial charge in [0, 0.05) is 18.7 Å². The average Bonchev–Trinajstić information content (AvgIpc) is 2.24. The summed E-state index contributed by atoms with van der Waals surface area (Å²) in [6.45, 7) is 0.879. The van der Waals surface area contributed by atoms with Crippen molar-refractivity contribution in [1.82, 2.24) is 0 Å². The summed E-state index contributed by atoms with van der Waals surface area (Å²) >= 11 is 0. The number of benzene rings is 1. The van der Waals surface area contributed by atoms with E-state index in [0.29, 0.717) is 5.69 Å². The fourth-order valence-electron chi connectivity index (χ4n) is 2.07. The van der Waals surface area contributed by atoms with Crippen molar-refractivity contribution < 1.29 is 9.13 Å². The predicted molar refractivity (Wildman–Crippen MR) is 67.8 cm³/mol. The third kappa shape index (κ3) is 2.81. The van der Waals surface area contributed by atoms with Gasteiger partial charge in [-0.2, -0.15) is 0 Å². The molecule has 2 rings (SSSR count). The van der Waals surface area contributed by atoms with Gasteiger partial charge >= 0.3 is 0 Å². The van der Waals surface area contributed by atoms with Gasteiger partial charge in [0.2, 0.25) is 0 Å². The molecule has 1 saturated carbocycles. The van der Waals surface area contributed by atoms with Crippen molar-refractivity contribution in [2.75, 3.05) is 24.7 Å². The smallest absolute Gasteiger partial charge is 0.167 e. The topological polar surface area (TPSA) is 47.3 Å². The first-order valence-corrected chi connectivity index (χ1v) is 6.07. The van der Waals surface area contributed by atoms with Gasteiger partial charge in [0.15, 0.2) is 11.6 Å². The molecule has 1 aromatic rings. The standard InChI is InChI=1S/C13H19FN2O/c1-17-13-8-12(11(15)7-10(13)14)16-6-5-9-3-2-4-9/h7-9,16H,2-6,15H2,1H3. The first-order chi connectivity index (χ1) is 8.20. The number of nitrogens with one attached hydrogen (secondary N) is 1. The molecule has 0 heterocycles. The lowest BCUT2D eigenvalue weighted by Gasteiger charge is -2.25. The van der Waals surface area contributed by atoms with E-state index < -0.39 is 5.82 Å². The van der Waals surface area contributed by atoms with Gasteiger partial charge in [0.05, 0.1) is 18.5 Å². The first-order valence-electron chi connectivity index (χ1n) is 6.07. The predicted octanol–water partition coefficient (Wildman–Crippen LogP) is 3.02. The van der Waals surface area contributed by atoms with Crippen molar-refractivity contribution in [2.24, 2.45) is 5.92 Å². The van der Waals surface area contributed by atoms with Gasteiger partial charge in [-0.25, -0.2) is 4.39 Å². The Morgan fingerprint density at radius 1 is 1.47 bits per heavy atom. The number of halogens is 1. The van der Waals surface area contributed by atoms with Crippen LogP contribution < -0.4 is 15.8 Å². The van der Waals surface area contributed by atoms with Crippen molar-refractivity contribution in [1.29, 1.82) is 0 Å². The van der Waals surface area contributed by atoms with Crippen molar-refractivity contribution in [2.45, 2.75) is 25.7 Å². The Balaban J connectivity index is 1.94. The van der Waals surface area contributed by atoms with Crippen molar-refractivity contribution in [3.05, 3.63) is 17.9 Å². The van der Waals surface area contributed by atoms with E-state index in [0.717, 1.165) is 24.6 Å². The molecule has 4 heteroatoms. The summed E-state index contributed by atoms with van der Waals surface area (Å²) in [5.74, 6) is 0.658. The van der Waals surface area contributed by atoms with Crippen LogP contribution in [0.2, 0.25) is 0 Å². The van der Waals surface area contributed by atoms with Gasteiger partial charge in [-0.05, 0) is 12.3 Å². The number of nitrogen functional groups attached to an aromatic ring is 1. The normalized spacial score (nSPS) is 15.4. The highest BCUT2D eigenvalue weighted by Gasteiger charge is 2.16. The van der Waals surface area contributed by atoms with Crippen LogP contribution in [0.15, 0.2) is 12.1 Å². The molecule has 94 valence electrons.